The first-order valence-corrected chi connectivity index (χ1v) is 5.51. The Hall–Kier alpha value is -0.800. The van der Waals surface area contributed by atoms with Crippen LogP contribution in [0.2, 0.25) is 0 Å². The van der Waals surface area contributed by atoms with Gasteiger partial charge in [0, 0.05) is 7.05 Å². The van der Waals surface area contributed by atoms with Gasteiger partial charge in [-0.1, -0.05) is 19.4 Å². The molecule has 0 fully saturated rings. The van der Waals surface area contributed by atoms with Crippen molar-refractivity contribution >= 4 is 0 Å². The molecule has 1 heterocycles. The van der Waals surface area contributed by atoms with Crippen LogP contribution in [0.15, 0.2) is 24.0 Å². The Labute approximate surface area is 93.5 Å². The summed E-state index contributed by atoms with van der Waals surface area (Å²) in [5.41, 5.74) is 5.89. The lowest BCUT2D eigenvalue weighted by atomic mass is 10.0. The molecule has 0 spiro atoms. The number of hydroxylamine groups is 2. The molecular weight excluding hydrogens is 188 g/mol. The molecule has 0 aromatic carbocycles. The average molecular weight is 212 g/mol. The highest BCUT2D eigenvalue weighted by atomic mass is 16.7. The quantitative estimate of drug-likeness (QED) is 0.727. The molecule has 0 bridgehead atoms. The van der Waals surface area contributed by atoms with Crippen molar-refractivity contribution in [1.29, 1.82) is 0 Å². The van der Waals surface area contributed by atoms with Crippen molar-refractivity contribution in [2.24, 2.45) is 5.73 Å². The molecule has 3 nitrogen and oxygen atoms in total. The normalized spacial score (nSPS) is 20.7. The third kappa shape index (κ3) is 3.68. The number of nitrogens with zero attached hydrogens (tertiary/aromatic N) is 1. The minimum atomic E-state index is 0.284. The second-order valence-electron chi connectivity index (χ2n) is 3.50. The van der Waals surface area contributed by atoms with Gasteiger partial charge in [0.05, 0.1) is 6.04 Å². The van der Waals surface area contributed by atoms with Gasteiger partial charge in [0.2, 0.25) is 0 Å². The highest BCUT2D eigenvalue weighted by Crippen LogP contribution is 2.28. The van der Waals surface area contributed by atoms with E-state index < -0.39 is 0 Å². The van der Waals surface area contributed by atoms with Crippen molar-refractivity contribution in [3.8, 4) is 0 Å². The maximum absolute atomic E-state index is 5.52. The van der Waals surface area contributed by atoms with Crippen LogP contribution in [-0.4, -0.2) is 25.2 Å². The molecule has 0 saturated heterocycles. The van der Waals surface area contributed by atoms with Crippen LogP contribution in [0.3, 0.4) is 0 Å². The minimum absolute atomic E-state index is 0.284. The summed E-state index contributed by atoms with van der Waals surface area (Å²) >= 11 is 0. The molecule has 1 rings (SSSR count). The van der Waals surface area contributed by atoms with Crippen LogP contribution in [0.5, 0.6) is 0 Å². The summed E-state index contributed by atoms with van der Waals surface area (Å²) in [6.45, 7) is 8.07. The van der Waals surface area contributed by atoms with Crippen LogP contribution in [-0.2, 0) is 4.84 Å². The first kappa shape index (κ1) is 14.2. The van der Waals surface area contributed by atoms with Crippen LogP contribution in [0.25, 0.3) is 0 Å². The lowest BCUT2D eigenvalue weighted by molar-refractivity contribution is -0.0829. The van der Waals surface area contributed by atoms with Gasteiger partial charge in [0.15, 0.2) is 0 Å². The number of unbranched alkanes of at least 4 members (excludes halogenated alkanes) is 1. The van der Waals surface area contributed by atoms with Crippen molar-refractivity contribution in [1.82, 2.24) is 5.06 Å². The van der Waals surface area contributed by atoms with Gasteiger partial charge in [0.1, 0.15) is 5.76 Å². The maximum atomic E-state index is 5.52. The first-order valence-electron chi connectivity index (χ1n) is 5.51. The molecule has 0 aromatic rings. The zero-order valence-electron chi connectivity index (χ0n) is 10.4. The smallest absolute Gasteiger partial charge is 0.122 e. The van der Waals surface area contributed by atoms with E-state index in [4.69, 9.17) is 4.84 Å². The summed E-state index contributed by atoms with van der Waals surface area (Å²) in [6, 6.07) is 0.284. The summed E-state index contributed by atoms with van der Waals surface area (Å²) in [4.78, 5) is 5.52. The number of rotatable bonds is 4. The number of allylic oxidation sites excluding steroid dienone is 1. The molecule has 2 N–H and O–H groups in total. The molecule has 88 valence electrons. The van der Waals surface area contributed by atoms with E-state index in [0.29, 0.717) is 0 Å². The van der Waals surface area contributed by atoms with Gasteiger partial charge in [-0.2, -0.15) is 0 Å². The summed E-state index contributed by atoms with van der Waals surface area (Å²) in [7, 11) is 3.45. The molecule has 3 heteroatoms. The Morgan fingerprint density at radius 1 is 1.53 bits per heavy atom. The fraction of sp³-hybridized carbons (Fsp3) is 0.667. The van der Waals surface area contributed by atoms with Crippen LogP contribution in [0.1, 0.15) is 33.1 Å². The molecule has 0 aromatic heterocycles. The number of likely N-dealkylation sites (N-methyl/N-ethyl adjacent to an activating group) is 1. The summed E-state index contributed by atoms with van der Waals surface area (Å²) in [5.74, 6) is 1.06. The lowest BCUT2D eigenvalue weighted by Gasteiger charge is -2.16. The molecule has 15 heavy (non-hydrogen) atoms. The molecule has 0 aliphatic carbocycles. The number of hydrogen-bond acceptors (Lipinski definition) is 3. The van der Waals surface area contributed by atoms with Crippen molar-refractivity contribution in [3.05, 3.63) is 24.0 Å². The van der Waals surface area contributed by atoms with E-state index in [-0.39, 0.29) is 6.04 Å². The number of nitrogens with two attached hydrogens (primary N) is 1. The van der Waals surface area contributed by atoms with Gasteiger partial charge in [-0.25, -0.2) is 0 Å². The van der Waals surface area contributed by atoms with Crippen molar-refractivity contribution in [3.63, 3.8) is 0 Å². The van der Waals surface area contributed by atoms with Gasteiger partial charge in [-0.15, -0.1) is 11.6 Å². The largest absolute Gasteiger partial charge is 0.410 e. The Bertz CT molecular complexity index is 224. The van der Waals surface area contributed by atoms with E-state index in [0.717, 1.165) is 12.2 Å². The standard InChI is InChI=1S/C11H19NO.CH5N/c1-5-7-8-10-9(3)13-12(4)11(10)6-2;1-2/h6,11H,2,5,7-8H2,1,3-4H3;2H2,1H3. The predicted octanol–water partition coefficient (Wildman–Crippen LogP) is 2.46. The second kappa shape index (κ2) is 7.49. The fourth-order valence-corrected chi connectivity index (χ4v) is 1.74. The molecular formula is C12H24N2O. The topological polar surface area (TPSA) is 38.5 Å². The van der Waals surface area contributed by atoms with Gasteiger partial charge in [-0.05, 0) is 32.4 Å². The maximum Gasteiger partial charge on any atom is 0.122 e. The zero-order chi connectivity index (χ0) is 11.8. The third-order valence-corrected chi connectivity index (χ3v) is 2.50. The lowest BCUT2D eigenvalue weighted by Crippen LogP contribution is -2.24. The highest BCUT2D eigenvalue weighted by Gasteiger charge is 2.26. The van der Waals surface area contributed by atoms with Crippen LogP contribution in [0.4, 0.5) is 0 Å². The first-order chi connectivity index (χ1) is 7.20. The number of hydrogen-bond donors (Lipinski definition) is 1. The Morgan fingerprint density at radius 3 is 2.60 bits per heavy atom. The monoisotopic (exact) mass is 212 g/mol. The molecule has 0 amide bonds. The van der Waals surface area contributed by atoms with E-state index >= 15 is 0 Å². The Balaban J connectivity index is 0.000000921. The predicted molar refractivity (Wildman–Crippen MR) is 65.2 cm³/mol. The van der Waals surface area contributed by atoms with E-state index in [9.17, 15) is 0 Å². The van der Waals surface area contributed by atoms with E-state index in [1.165, 1.54) is 25.5 Å². The summed E-state index contributed by atoms with van der Waals surface area (Å²) in [5, 5.41) is 1.87. The van der Waals surface area contributed by atoms with Crippen molar-refractivity contribution < 1.29 is 4.84 Å². The molecule has 1 aliphatic heterocycles. The highest BCUT2D eigenvalue weighted by molar-refractivity contribution is 5.22. The Kier molecular flexibility index (Phi) is 7.09. The van der Waals surface area contributed by atoms with Crippen LogP contribution in [0, 0.1) is 0 Å². The zero-order valence-corrected chi connectivity index (χ0v) is 10.4. The molecule has 1 atom stereocenters. The van der Waals surface area contributed by atoms with Gasteiger partial charge < -0.3 is 10.6 Å². The Morgan fingerprint density at radius 2 is 2.13 bits per heavy atom. The van der Waals surface area contributed by atoms with Crippen molar-refractivity contribution in [2.45, 2.75) is 39.2 Å². The summed E-state index contributed by atoms with van der Waals surface area (Å²) < 4.78 is 0. The van der Waals surface area contributed by atoms with E-state index in [1.54, 1.807) is 0 Å². The molecule has 0 saturated carbocycles. The van der Waals surface area contributed by atoms with Gasteiger partial charge in [-0.3, -0.25) is 0 Å². The summed E-state index contributed by atoms with van der Waals surface area (Å²) in [6.07, 6.45) is 5.53. The van der Waals surface area contributed by atoms with E-state index in [1.807, 2.05) is 25.1 Å². The SMILES string of the molecule is C=CC1C(CCCC)=C(C)ON1C.CN. The fourth-order valence-electron chi connectivity index (χ4n) is 1.74. The van der Waals surface area contributed by atoms with Crippen LogP contribution < -0.4 is 5.73 Å². The average Bonchev–Trinajstić information content (AvgIpc) is 2.52. The van der Waals surface area contributed by atoms with Gasteiger partial charge in [0.25, 0.3) is 0 Å². The minimum Gasteiger partial charge on any atom is -0.410 e. The molecule has 1 unspecified atom stereocenters. The molecule has 0 radical (unpaired) electrons. The van der Waals surface area contributed by atoms with E-state index in [2.05, 4.69) is 19.2 Å². The molecule has 1 aliphatic rings. The van der Waals surface area contributed by atoms with Gasteiger partial charge >= 0.3 is 0 Å². The third-order valence-electron chi connectivity index (χ3n) is 2.50. The van der Waals surface area contributed by atoms with Crippen molar-refractivity contribution in [2.75, 3.05) is 14.1 Å². The second-order valence-corrected chi connectivity index (χ2v) is 3.50. The van der Waals surface area contributed by atoms with Crippen LogP contribution >= 0.6 is 0 Å².